The lowest BCUT2D eigenvalue weighted by molar-refractivity contribution is -0.119. The molecule has 0 aromatic heterocycles. The van der Waals surface area contributed by atoms with Crippen molar-refractivity contribution in [2.45, 2.75) is 19.4 Å². The fraction of sp³-hybridized carbons (Fsp3) is 0.273. The minimum atomic E-state index is -0.673. The molecule has 0 saturated carbocycles. The Balaban J connectivity index is 2.72. The molecule has 1 rings (SSSR count). The zero-order valence-corrected chi connectivity index (χ0v) is 8.57. The van der Waals surface area contributed by atoms with Gasteiger partial charge in [0, 0.05) is 5.56 Å². The zero-order chi connectivity index (χ0) is 11.4. The number of carbonyl (C=O) groups is 2. The molecular weight excluding hydrogens is 192 g/mol. The van der Waals surface area contributed by atoms with E-state index in [1.807, 2.05) is 0 Å². The van der Waals surface area contributed by atoms with Crippen LogP contribution in [-0.2, 0) is 11.2 Å². The van der Waals surface area contributed by atoms with E-state index in [2.05, 4.69) is 0 Å². The fourth-order valence-corrected chi connectivity index (χ4v) is 1.23. The third kappa shape index (κ3) is 3.18. The lowest BCUT2D eigenvalue weighted by Crippen LogP contribution is -2.38. The largest absolute Gasteiger partial charge is 0.368 e. The quantitative estimate of drug-likeness (QED) is 0.692. The third-order valence-corrected chi connectivity index (χ3v) is 2.18. The van der Waals surface area contributed by atoms with Gasteiger partial charge in [-0.25, -0.2) is 0 Å². The number of primary amides is 1. The summed E-state index contributed by atoms with van der Waals surface area (Å²) in [7, 11) is 0. The van der Waals surface area contributed by atoms with Gasteiger partial charge in [0.1, 0.15) is 0 Å². The Labute approximate surface area is 88.3 Å². The lowest BCUT2D eigenvalue weighted by atomic mass is 10.0. The summed E-state index contributed by atoms with van der Waals surface area (Å²) < 4.78 is 0. The van der Waals surface area contributed by atoms with Crippen LogP contribution in [0.15, 0.2) is 24.3 Å². The normalized spacial score (nSPS) is 12.1. The van der Waals surface area contributed by atoms with Gasteiger partial charge in [0.05, 0.1) is 6.04 Å². The van der Waals surface area contributed by atoms with Gasteiger partial charge >= 0.3 is 0 Å². The first-order valence-electron chi connectivity index (χ1n) is 4.65. The first-order valence-corrected chi connectivity index (χ1v) is 4.65. The summed E-state index contributed by atoms with van der Waals surface area (Å²) >= 11 is 0. The summed E-state index contributed by atoms with van der Waals surface area (Å²) in [5.41, 5.74) is 12.1. The average molecular weight is 206 g/mol. The highest BCUT2D eigenvalue weighted by Crippen LogP contribution is 2.06. The van der Waals surface area contributed by atoms with Crippen LogP contribution >= 0.6 is 0 Å². The van der Waals surface area contributed by atoms with Crippen molar-refractivity contribution in [1.29, 1.82) is 0 Å². The van der Waals surface area contributed by atoms with E-state index in [4.69, 9.17) is 11.5 Å². The monoisotopic (exact) mass is 206 g/mol. The van der Waals surface area contributed by atoms with Gasteiger partial charge in [-0.2, -0.15) is 0 Å². The summed E-state index contributed by atoms with van der Waals surface area (Å²) in [6.45, 7) is 1.50. The Morgan fingerprint density at radius 2 is 1.80 bits per heavy atom. The first kappa shape index (κ1) is 11.4. The van der Waals surface area contributed by atoms with E-state index in [1.165, 1.54) is 6.92 Å². The molecule has 0 spiro atoms. The minimum absolute atomic E-state index is 0.0146. The zero-order valence-electron chi connectivity index (χ0n) is 8.57. The molecule has 4 nitrogen and oxygen atoms in total. The third-order valence-electron chi connectivity index (χ3n) is 2.18. The number of rotatable bonds is 4. The molecule has 0 fully saturated rings. The molecule has 0 aliphatic carbocycles. The summed E-state index contributed by atoms with van der Waals surface area (Å²) in [6.07, 6.45) is 0.396. The van der Waals surface area contributed by atoms with E-state index >= 15 is 0 Å². The first-order chi connectivity index (χ1) is 7.00. The molecule has 1 aromatic carbocycles. The highest BCUT2D eigenvalue weighted by molar-refractivity contribution is 5.94. The number of benzene rings is 1. The second-order valence-corrected chi connectivity index (χ2v) is 3.47. The average Bonchev–Trinajstić information content (AvgIpc) is 2.18. The summed E-state index contributed by atoms with van der Waals surface area (Å²) in [4.78, 5) is 21.7. The van der Waals surface area contributed by atoms with E-state index in [0.29, 0.717) is 12.0 Å². The van der Waals surface area contributed by atoms with E-state index in [0.717, 1.165) is 5.56 Å². The van der Waals surface area contributed by atoms with Gasteiger partial charge in [-0.05, 0) is 18.9 Å². The number of carbonyl (C=O) groups excluding carboxylic acids is 2. The van der Waals surface area contributed by atoms with Crippen LogP contribution in [0.25, 0.3) is 0 Å². The van der Waals surface area contributed by atoms with E-state index in [-0.39, 0.29) is 5.78 Å². The number of hydrogen-bond acceptors (Lipinski definition) is 3. The molecule has 0 heterocycles. The Kier molecular flexibility index (Phi) is 3.57. The molecule has 80 valence electrons. The van der Waals surface area contributed by atoms with Crippen LogP contribution in [0.5, 0.6) is 0 Å². The molecule has 4 N–H and O–H groups in total. The molecule has 0 aliphatic rings. The van der Waals surface area contributed by atoms with Crippen molar-refractivity contribution < 1.29 is 9.59 Å². The van der Waals surface area contributed by atoms with Gasteiger partial charge in [-0.3, -0.25) is 9.59 Å². The number of nitrogens with two attached hydrogens (primary N) is 2. The number of Topliss-reactive ketones (excluding diaryl/α,β-unsaturated/α-hetero) is 1. The molecule has 1 aromatic rings. The Morgan fingerprint density at radius 1 is 1.27 bits per heavy atom. The van der Waals surface area contributed by atoms with Crippen molar-refractivity contribution in [2.24, 2.45) is 11.5 Å². The van der Waals surface area contributed by atoms with E-state index in [9.17, 15) is 9.59 Å². The van der Waals surface area contributed by atoms with Crippen molar-refractivity contribution in [2.75, 3.05) is 0 Å². The standard InChI is InChI=1S/C11H14N2O2/c1-7(14)9-4-2-8(3-5-9)6-10(12)11(13)15/h2-5,10H,6,12H2,1H3,(H2,13,15)/t10-/m1/s1. The molecule has 0 radical (unpaired) electrons. The van der Waals surface area contributed by atoms with Crippen molar-refractivity contribution in [3.63, 3.8) is 0 Å². The van der Waals surface area contributed by atoms with E-state index < -0.39 is 11.9 Å². The predicted octanol–water partition coefficient (Wildman–Crippen LogP) is 0.244. The number of amides is 1. The predicted molar refractivity (Wildman–Crippen MR) is 57.3 cm³/mol. The van der Waals surface area contributed by atoms with Crippen LogP contribution in [0.1, 0.15) is 22.8 Å². The van der Waals surface area contributed by atoms with E-state index in [1.54, 1.807) is 24.3 Å². The molecular formula is C11H14N2O2. The molecule has 0 bridgehead atoms. The van der Waals surface area contributed by atoms with Crippen molar-refractivity contribution in [1.82, 2.24) is 0 Å². The highest BCUT2D eigenvalue weighted by Gasteiger charge is 2.09. The molecule has 0 aliphatic heterocycles. The maximum Gasteiger partial charge on any atom is 0.234 e. The smallest absolute Gasteiger partial charge is 0.234 e. The van der Waals surface area contributed by atoms with Crippen LogP contribution in [0.2, 0.25) is 0 Å². The SMILES string of the molecule is CC(=O)c1ccc(C[C@@H](N)C(N)=O)cc1. The molecule has 1 amide bonds. The van der Waals surface area contributed by atoms with Crippen LogP contribution in [-0.4, -0.2) is 17.7 Å². The summed E-state index contributed by atoms with van der Waals surface area (Å²) in [6, 6.07) is 6.31. The summed E-state index contributed by atoms with van der Waals surface area (Å²) in [5.74, 6) is -0.508. The summed E-state index contributed by atoms with van der Waals surface area (Å²) in [5, 5.41) is 0. The molecule has 4 heteroatoms. The topological polar surface area (TPSA) is 86.2 Å². The van der Waals surface area contributed by atoms with Gasteiger partial charge in [-0.15, -0.1) is 0 Å². The van der Waals surface area contributed by atoms with Crippen molar-refractivity contribution in [3.8, 4) is 0 Å². The van der Waals surface area contributed by atoms with Crippen LogP contribution in [0, 0.1) is 0 Å². The van der Waals surface area contributed by atoms with Crippen molar-refractivity contribution >= 4 is 11.7 Å². The van der Waals surface area contributed by atoms with Gasteiger partial charge in [0.25, 0.3) is 0 Å². The molecule has 0 unspecified atom stereocenters. The van der Waals surface area contributed by atoms with Crippen LogP contribution in [0.3, 0.4) is 0 Å². The Hall–Kier alpha value is -1.68. The second-order valence-electron chi connectivity index (χ2n) is 3.47. The van der Waals surface area contributed by atoms with Gasteiger partial charge in [0.15, 0.2) is 5.78 Å². The van der Waals surface area contributed by atoms with Gasteiger partial charge in [0.2, 0.25) is 5.91 Å². The molecule has 0 saturated heterocycles. The lowest BCUT2D eigenvalue weighted by Gasteiger charge is -2.07. The Morgan fingerprint density at radius 3 is 2.20 bits per heavy atom. The molecule has 15 heavy (non-hydrogen) atoms. The Bertz CT molecular complexity index is 371. The number of hydrogen-bond donors (Lipinski definition) is 2. The molecule has 1 atom stereocenters. The van der Waals surface area contributed by atoms with Crippen LogP contribution in [0.4, 0.5) is 0 Å². The maximum absolute atomic E-state index is 11.0. The van der Waals surface area contributed by atoms with Crippen LogP contribution < -0.4 is 11.5 Å². The minimum Gasteiger partial charge on any atom is -0.368 e. The fourth-order valence-electron chi connectivity index (χ4n) is 1.23. The maximum atomic E-state index is 11.0. The van der Waals surface area contributed by atoms with Crippen molar-refractivity contribution in [3.05, 3.63) is 35.4 Å². The number of ketones is 1. The second kappa shape index (κ2) is 4.70. The van der Waals surface area contributed by atoms with Gasteiger partial charge < -0.3 is 11.5 Å². The highest BCUT2D eigenvalue weighted by atomic mass is 16.1. The van der Waals surface area contributed by atoms with Gasteiger partial charge in [-0.1, -0.05) is 24.3 Å².